The molecule has 0 saturated carbocycles. The summed E-state index contributed by atoms with van der Waals surface area (Å²) in [5, 5.41) is 8.76. The van der Waals surface area contributed by atoms with Gasteiger partial charge in [-0.3, -0.25) is 0 Å². The highest BCUT2D eigenvalue weighted by atomic mass is 16.4. The van der Waals surface area contributed by atoms with Gasteiger partial charge in [-0.05, 0) is 16.5 Å². The zero-order valence-electron chi connectivity index (χ0n) is 11.3. The first-order valence-electron chi connectivity index (χ1n) is 6.13. The summed E-state index contributed by atoms with van der Waals surface area (Å²) in [7, 11) is 0. The molecule has 2 rings (SSSR count). The average Bonchev–Trinajstić information content (AvgIpc) is 2.77. The number of nitrogens with zero attached hydrogens (tertiary/aromatic N) is 1. The molecule has 0 unspecified atom stereocenters. The highest BCUT2D eigenvalue weighted by Crippen LogP contribution is 2.22. The van der Waals surface area contributed by atoms with Crippen molar-refractivity contribution in [2.24, 2.45) is 0 Å². The van der Waals surface area contributed by atoms with E-state index in [4.69, 9.17) is 9.52 Å². The second kappa shape index (κ2) is 4.88. The van der Waals surface area contributed by atoms with Crippen molar-refractivity contribution in [2.75, 3.05) is 0 Å². The third kappa shape index (κ3) is 3.22. The molecule has 0 radical (unpaired) electrons. The standard InChI is InChI=1S/C15H17NO3/c1-15(2,3)11-6-4-10(5-7-11)8-13-16-9-12(19-13)14(17)18/h4-7,9H,8H2,1-3H3,(H,17,18). The number of oxazole rings is 1. The van der Waals surface area contributed by atoms with Crippen molar-refractivity contribution in [2.45, 2.75) is 32.6 Å². The molecule has 2 aromatic rings. The predicted octanol–water partition coefficient (Wildman–Crippen LogP) is 3.26. The van der Waals surface area contributed by atoms with Crippen molar-refractivity contribution in [3.63, 3.8) is 0 Å². The largest absolute Gasteiger partial charge is 0.475 e. The molecule has 19 heavy (non-hydrogen) atoms. The molecule has 0 amide bonds. The summed E-state index contributed by atoms with van der Waals surface area (Å²) in [5.74, 6) is -0.802. The number of hydrogen-bond donors (Lipinski definition) is 1. The maximum Gasteiger partial charge on any atom is 0.373 e. The van der Waals surface area contributed by atoms with E-state index in [2.05, 4.69) is 37.9 Å². The van der Waals surface area contributed by atoms with Crippen LogP contribution in [0.2, 0.25) is 0 Å². The molecule has 0 atom stereocenters. The van der Waals surface area contributed by atoms with Crippen molar-refractivity contribution in [3.05, 3.63) is 53.2 Å². The van der Waals surface area contributed by atoms with E-state index in [1.807, 2.05) is 12.1 Å². The average molecular weight is 259 g/mol. The molecule has 0 aliphatic heterocycles. The van der Waals surface area contributed by atoms with E-state index < -0.39 is 5.97 Å². The Morgan fingerprint density at radius 1 is 1.26 bits per heavy atom. The Morgan fingerprint density at radius 3 is 2.37 bits per heavy atom. The van der Waals surface area contributed by atoms with Crippen LogP contribution < -0.4 is 0 Å². The summed E-state index contributed by atoms with van der Waals surface area (Å²) in [6.07, 6.45) is 1.74. The second-order valence-corrected chi connectivity index (χ2v) is 5.55. The number of aromatic carboxylic acids is 1. The zero-order chi connectivity index (χ0) is 14.0. The van der Waals surface area contributed by atoms with Crippen LogP contribution in [0, 0.1) is 0 Å². The first kappa shape index (κ1) is 13.3. The van der Waals surface area contributed by atoms with Crippen LogP contribution in [0.4, 0.5) is 0 Å². The first-order chi connectivity index (χ1) is 8.86. The van der Waals surface area contributed by atoms with Crippen molar-refractivity contribution in [3.8, 4) is 0 Å². The summed E-state index contributed by atoms with van der Waals surface area (Å²) in [4.78, 5) is 14.6. The molecule has 0 aliphatic rings. The lowest BCUT2D eigenvalue weighted by molar-refractivity contribution is 0.0660. The Bertz CT molecular complexity index is 576. The highest BCUT2D eigenvalue weighted by Gasteiger charge is 2.14. The van der Waals surface area contributed by atoms with Gasteiger partial charge in [0.05, 0.1) is 6.20 Å². The van der Waals surface area contributed by atoms with Crippen LogP contribution in [0.1, 0.15) is 48.3 Å². The van der Waals surface area contributed by atoms with Crippen LogP contribution in [0.5, 0.6) is 0 Å². The lowest BCUT2D eigenvalue weighted by Gasteiger charge is -2.18. The Balaban J connectivity index is 2.13. The Morgan fingerprint density at radius 2 is 1.89 bits per heavy atom. The Kier molecular flexibility index (Phi) is 3.42. The normalized spacial score (nSPS) is 11.5. The van der Waals surface area contributed by atoms with Gasteiger partial charge in [-0.1, -0.05) is 45.0 Å². The number of rotatable bonds is 3. The van der Waals surface area contributed by atoms with E-state index in [0.717, 1.165) is 5.56 Å². The third-order valence-corrected chi connectivity index (χ3v) is 2.94. The molecule has 1 aromatic carbocycles. The number of hydrogen-bond acceptors (Lipinski definition) is 3. The summed E-state index contributed by atoms with van der Waals surface area (Å²) >= 11 is 0. The molecule has 0 bridgehead atoms. The van der Waals surface area contributed by atoms with E-state index in [0.29, 0.717) is 12.3 Å². The third-order valence-electron chi connectivity index (χ3n) is 2.94. The molecular formula is C15H17NO3. The molecule has 4 nitrogen and oxygen atoms in total. The summed E-state index contributed by atoms with van der Waals surface area (Å²) < 4.78 is 5.14. The van der Waals surface area contributed by atoms with Gasteiger partial charge in [0.1, 0.15) is 0 Å². The molecule has 1 aromatic heterocycles. The van der Waals surface area contributed by atoms with Gasteiger partial charge in [0, 0.05) is 6.42 Å². The van der Waals surface area contributed by atoms with Crippen molar-refractivity contribution in [1.82, 2.24) is 4.98 Å². The minimum atomic E-state index is -1.10. The molecule has 0 fully saturated rings. The van der Waals surface area contributed by atoms with Gasteiger partial charge in [0.15, 0.2) is 5.89 Å². The maximum absolute atomic E-state index is 10.7. The smallest absolute Gasteiger partial charge is 0.373 e. The SMILES string of the molecule is CC(C)(C)c1ccc(Cc2ncc(C(=O)O)o2)cc1. The molecule has 0 saturated heterocycles. The number of carboxylic acid groups (broad SMARTS) is 1. The minimum Gasteiger partial charge on any atom is -0.475 e. The molecular weight excluding hydrogens is 242 g/mol. The van der Waals surface area contributed by atoms with Gasteiger partial charge in [0.2, 0.25) is 5.76 Å². The topological polar surface area (TPSA) is 63.3 Å². The molecule has 1 N–H and O–H groups in total. The van der Waals surface area contributed by atoms with Crippen LogP contribution in [-0.4, -0.2) is 16.1 Å². The maximum atomic E-state index is 10.7. The number of aromatic nitrogens is 1. The monoisotopic (exact) mass is 259 g/mol. The zero-order valence-corrected chi connectivity index (χ0v) is 11.3. The van der Waals surface area contributed by atoms with E-state index in [-0.39, 0.29) is 11.2 Å². The van der Waals surface area contributed by atoms with Crippen LogP contribution in [0.15, 0.2) is 34.9 Å². The molecule has 100 valence electrons. The van der Waals surface area contributed by atoms with Crippen molar-refractivity contribution in [1.29, 1.82) is 0 Å². The lowest BCUT2D eigenvalue weighted by atomic mass is 9.86. The molecule has 0 aliphatic carbocycles. The van der Waals surface area contributed by atoms with E-state index >= 15 is 0 Å². The van der Waals surface area contributed by atoms with Gasteiger partial charge in [0.25, 0.3) is 0 Å². The van der Waals surface area contributed by atoms with Gasteiger partial charge in [-0.2, -0.15) is 0 Å². The minimum absolute atomic E-state index is 0.123. The van der Waals surface area contributed by atoms with E-state index in [1.165, 1.54) is 11.8 Å². The molecule has 0 spiro atoms. The fraction of sp³-hybridized carbons (Fsp3) is 0.333. The highest BCUT2D eigenvalue weighted by molar-refractivity contribution is 5.83. The van der Waals surface area contributed by atoms with Gasteiger partial charge < -0.3 is 9.52 Å². The Labute approximate surface area is 112 Å². The number of carboxylic acids is 1. The lowest BCUT2D eigenvalue weighted by Crippen LogP contribution is -2.10. The predicted molar refractivity (Wildman–Crippen MR) is 71.4 cm³/mol. The van der Waals surface area contributed by atoms with Crippen LogP contribution in [-0.2, 0) is 11.8 Å². The van der Waals surface area contributed by atoms with Gasteiger partial charge in [-0.25, -0.2) is 9.78 Å². The van der Waals surface area contributed by atoms with Crippen LogP contribution >= 0.6 is 0 Å². The summed E-state index contributed by atoms with van der Waals surface area (Å²) in [6.45, 7) is 6.49. The van der Waals surface area contributed by atoms with E-state index in [1.54, 1.807) is 0 Å². The first-order valence-corrected chi connectivity index (χ1v) is 6.13. The molecule has 4 heteroatoms. The van der Waals surface area contributed by atoms with Gasteiger partial charge in [-0.15, -0.1) is 0 Å². The fourth-order valence-corrected chi connectivity index (χ4v) is 1.79. The summed E-state index contributed by atoms with van der Waals surface area (Å²) in [6, 6.07) is 8.20. The van der Waals surface area contributed by atoms with Crippen molar-refractivity contribution >= 4 is 5.97 Å². The van der Waals surface area contributed by atoms with Crippen LogP contribution in [0.25, 0.3) is 0 Å². The van der Waals surface area contributed by atoms with Gasteiger partial charge >= 0.3 is 5.97 Å². The van der Waals surface area contributed by atoms with Crippen molar-refractivity contribution < 1.29 is 14.3 Å². The molecule has 1 heterocycles. The van der Waals surface area contributed by atoms with Crippen LogP contribution in [0.3, 0.4) is 0 Å². The quantitative estimate of drug-likeness (QED) is 0.918. The van der Waals surface area contributed by atoms with E-state index in [9.17, 15) is 4.79 Å². The summed E-state index contributed by atoms with van der Waals surface area (Å²) in [5.41, 5.74) is 2.43. The number of carbonyl (C=O) groups is 1. The number of benzene rings is 1. The fourth-order valence-electron chi connectivity index (χ4n) is 1.79. The Hall–Kier alpha value is -2.10. The second-order valence-electron chi connectivity index (χ2n) is 5.55.